The van der Waals surface area contributed by atoms with Crippen LogP contribution in [0.3, 0.4) is 0 Å². The van der Waals surface area contributed by atoms with E-state index < -0.39 is 11.7 Å². The zero-order chi connectivity index (χ0) is 61.7. The molecule has 0 fully saturated rings. The maximum absolute atomic E-state index is 13.7. The molecule has 0 aromatic rings. The van der Waals surface area contributed by atoms with Crippen LogP contribution in [0.1, 0.15) is 324 Å². The van der Waals surface area contributed by atoms with Crippen molar-refractivity contribution < 1.29 is 24.2 Å². The van der Waals surface area contributed by atoms with E-state index in [4.69, 9.17) is 9.47 Å². The van der Waals surface area contributed by atoms with Crippen molar-refractivity contribution in [3.63, 3.8) is 0 Å². The summed E-state index contributed by atoms with van der Waals surface area (Å²) in [5.74, 6) is 0.201. The summed E-state index contributed by atoms with van der Waals surface area (Å²) in [7, 11) is 8.25. The summed E-state index contributed by atoms with van der Waals surface area (Å²) in [6, 6.07) is 0. The van der Waals surface area contributed by atoms with Crippen LogP contribution in [0.5, 0.6) is 0 Å². The van der Waals surface area contributed by atoms with Crippen molar-refractivity contribution in [2.24, 2.45) is 5.92 Å². The van der Waals surface area contributed by atoms with E-state index in [2.05, 4.69) is 138 Å². The maximum atomic E-state index is 13.7. The number of nitrogens with zero attached hydrogens (tertiary/aromatic N) is 3. The first-order valence-electron chi connectivity index (χ1n) is 36.0. The lowest BCUT2D eigenvalue weighted by Gasteiger charge is -2.36. The molecule has 0 aliphatic heterocycles. The van der Waals surface area contributed by atoms with E-state index in [-0.39, 0.29) is 18.2 Å². The van der Waals surface area contributed by atoms with Crippen LogP contribution >= 0.6 is 0 Å². The van der Waals surface area contributed by atoms with Gasteiger partial charge in [0, 0.05) is 20.0 Å². The Morgan fingerprint density at radius 3 is 1.18 bits per heavy atom. The number of hydrogen-bond donors (Lipinski definition) is 1. The molecule has 0 aliphatic carbocycles. The van der Waals surface area contributed by atoms with E-state index in [9.17, 15) is 14.7 Å². The van der Waals surface area contributed by atoms with Gasteiger partial charge in [-0.25, -0.2) is 4.79 Å². The molecule has 0 aromatic heterocycles. The third-order valence-corrected chi connectivity index (χ3v) is 16.8. The highest BCUT2D eigenvalue weighted by molar-refractivity contribution is 5.69. The first-order chi connectivity index (χ1) is 41.0. The highest BCUT2D eigenvalue weighted by Crippen LogP contribution is 2.32. The quantitative estimate of drug-likeness (QED) is 0.0369. The van der Waals surface area contributed by atoms with Crippen molar-refractivity contribution in [3.8, 4) is 0 Å². The molecule has 0 aliphatic rings. The smallest absolute Gasteiger partial charge is 0.409 e. The van der Waals surface area contributed by atoms with Gasteiger partial charge in [0.05, 0.1) is 0 Å². The molecule has 1 amide bonds. The van der Waals surface area contributed by atoms with Crippen LogP contribution in [0.4, 0.5) is 4.79 Å². The zero-order valence-corrected chi connectivity index (χ0v) is 57.2. The second kappa shape index (κ2) is 61.7. The van der Waals surface area contributed by atoms with Gasteiger partial charge in [-0.1, -0.05) is 185 Å². The number of unbranched alkanes of at least 4 members (excludes halogenated alkanes) is 24. The van der Waals surface area contributed by atoms with Gasteiger partial charge in [0.1, 0.15) is 17.8 Å². The molecular formula is C76H141N3O5. The van der Waals surface area contributed by atoms with E-state index in [1.165, 1.54) is 122 Å². The zero-order valence-electron chi connectivity index (χ0n) is 57.2. The lowest BCUT2D eigenvalue weighted by molar-refractivity contribution is -0.169. The monoisotopic (exact) mass is 1180 g/mol. The largest absolute Gasteiger partial charge is 0.459 e. The number of aliphatic hydroxyl groups is 1. The van der Waals surface area contributed by atoms with Gasteiger partial charge in [0.15, 0.2) is 0 Å². The first kappa shape index (κ1) is 81.1. The van der Waals surface area contributed by atoms with Gasteiger partial charge in [-0.05, 0) is 252 Å². The van der Waals surface area contributed by atoms with Crippen molar-refractivity contribution in [2.75, 3.05) is 54.4 Å². The summed E-state index contributed by atoms with van der Waals surface area (Å²) >= 11 is 0. The topological polar surface area (TPSA) is 82.5 Å². The number of amides is 1. The van der Waals surface area contributed by atoms with E-state index in [1.54, 1.807) is 4.90 Å². The van der Waals surface area contributed by atoms with Crippen LogP contribution in [0.2, 0.25) is 0 Å². The van der Waals surface area contributed by atoms with Gasteiger partial charge in [0.2, 0.25) is 0 Å². The summed E-state index contributed by atoms with van der Waals surface area (Å²) in [4.78, 5) is 33.5. The fourth-order valence-corrected chi connectivity index (χ4v) is 11.3. The molecule has 3 atom stereocenters. The Morgan fingerprint density at radius 1 is 0.381 bits per heavy atom. The Kier molecular flexibility index (Phi) is 59.5. The van der Waals surface area contributed by atoms with Crippen molar-refractivity contribution in [3.05, 3.63) is 72.9 Å². The van der Waals surface area contributed by atoms with Gasteiger partial charge in [0.25, 0.3) is 0 Å². The highest BCUT2D eigenvalue weighted by Gasteiger charge is 2.38. The molecule has 3 unspecified atom stereocenters. The molecule has 84 heavy (non-hydrogen) atoms. The molecular weight excluding hydrogens is 1030 g/mol. The Balaban J connectivity index is 5.40. The van der Waals surface area contributed by atoms with Gasteiger partial charge in [-0.2, -0.15) is 0 Å². The second-order valence-corrected chi connectivity index (χ2v) is 25.4. The van der Waals surface area contributed by atoms with Crippen molar-refractivity contribution in [2.45, 2.75) is 341 Å². The summed E-state index contributed by atoms with van der Waals surface area (Å²) < 4.78 is 12.8. The molecule has 0 bridgehead atoms. The number of carbonyl (C=O) groups is 2. The molecule has 1 N–H and O–H groups in total. The van der Waals surface area contributed by atoms with E-state index >= 15 is 0 Å². The van der Waals surface area contributed by atoms with Crippen LogP contribution in [-0.2, 0) is 14.3 Å². The summed E-state index contributed by atoms with van der Waals surface area (Å²) in [5, 5.41) is 12.5. The van der Waals surface area contributed by atoms with Crippen LogP contribution in [0.25, 0.3) is 0 Å². The van der Waals surface area contributed by atoms with Crippen molar-refractivity contribution in [1.29, 1.82) is 0 Å². The molecule has 0 heterocycles. The average molecular weight is 1180 g/mol. The minimum atomic E-state index is -1.02. The fraction of sp³-hybridized carbons (Fsp3) is 0.816. The summed E-state index contributed by atoms with van der Waals surface area (Å²) in [6.07, 6.45) is 75.9. The Labute approximate surface area is 523 Å². The number of esters is 1. The van der Waals surface area contributed by atoms with Gasteiger partial charge in [-0.15, -0.1) is 0 Å². The number of hydrogen-bond acceptors (Lipinski definition) is 7. The Hall–Kier alpha value is -2.94. The molecule has 0 radical (unpaired) electrons. The highest BCUT2D eigenvalue weighted by atomic mass is 16.6. The van der Waals surface area contributed by atoms with Gasteiger partial charge >= 0.3 is 12.1 Å². The normalized spacial score (nSPS) is 14.2. The standard InChI is InChI=1S/C76H141N3O5/c1-10-15-20-25-30-38-44-51-60-71(72(62-53-46-37-29-24-19-14-5)83-75(81)79(9)70-59-67-77(6)7)61-52-45-39-35-34-36-43-50-57-68-78(8)69-58-64-74(80)84-73(63-54-47-40-31-26-21-16-11-2)76(82,65-55-48-41-32-27-22-17-12-3)66-56-49-42-33-28-23-18-13-4/h30-33,35,37-42,46,71-73,82H,10-29,34,36,43-45,47-70H2,1-9H3. The SMILES string of the molecule is CCCCCC=CCCCC(CCCC=CCCCCCCN(C)CCCC(=O)OC(CCCC=CCCCCC)C(O)(CCCC=CCCCCC)CCCC=CCCCCC)C(CCC=CCCCCC)OC(=O)N(C)CCCN(C)C. The van der Waals surface area contributed by atoms with Crippen LogP contribution in [0.15, 0.2) is 72.9 Å². The number of rotatable bonds is 62. The minimum Gasteiger partial charge on any atom is -0.459 e. The van der Waals surface area contributed by atoms with Crippen molar-refractivity contribution in [1.82, 2.24) is 14.7 Å². The molecule has 0 spiro atoms. The molecule has 0 aromatic carbocycles. The predicted molar refractivity (Wildman–Crippen MR) is 368 cm³/mol. The van der Waals surface area contributed by atoms with Crippen molar-refractivity contribution >= 4 is 12.1 Å². The van der Waals surface area contributed by atoms with Gasteiger partial charge in [-0.3, -0.25) is 4.79 Å². The molecule has 0 saturated heterocycles. The Morgan fingerprint density at radius 2 is 0.750 bits per heavy atom. The number of ether oxygens (including phenoxy) is 2. The predicted octanol–water partition coefficient (Wildman–Crippen LogP) is 22.2. The average Bonchev–Trinajstić information content (AvgIpc) is 3.67. The van der Waals surface area contributed by atoms with E-state index in [0.717, 1.165) is 161 Å². The lowest BCUT2D eigenvalue weighted by Crippen LogP contribution is -2.45. The molecule has 0 rings (SSSR count). The molecule has 0 saturated carbocycles. The molecule has 8 nitrogen and oxygen atoms in total. The van der Waals surface area contributed by atoms with E-state index in [0.29, 0.717) is 38.1 Å². The Bertz CT molecular complexity index is 1590. The summed E-state index contributed by atoms with van der Waals surface area (Å²) in [6.45, 7) is 14.8. The third kappa shape index (κ3) is 52.2. The van der Waals surface area contributed by atoms with Crippen LogP contribution in [-0.4, -0.2) is 104 Å². The molecule has 8 heteroatoms. The lowest BCUT2D eigenvalue weighted by atomic mass is 9.83. The maximum Gasteiger partial charge on any atom is 0.409 e. The van der Waals surface area contributed by atoms with E-state index in [1.807, 2.05) is 7.05 Å². The number of carbonyl (C=O) groups excluding carboxylic acids is 2. The molecule has 490 valence electrons. The fourth-order valence-electron chi connectivity index (χ4n) is 11.3. The second-order valence-electron chi connectivity index (χ2n) is 25.4. The third-order valence-electron chi connectivity index (χ3n) is 16.8. The van der Waals surface area contributed by atoms with Crippen LogP contribution < -0.4 is 0 Å². The van der Waals surface area contributed by atoms with Crippen LogP contribution in [0, 0.1) is 5.92 Å². The first-order valence-corrected chi connectivity index (χ1v) is 36.0. The summed E-state index contributed by atoms with van der Waals surface area (Å²) in [5.41, 5.74) is -1.02. The minimum absolute atomic E-state index is 0.0694. The number of allylic oxidation sites excluding steroid dienone is 12. The van der Waals surface area contributed by atoms with Gasteiger partial charge < -0.3 is 29.3 Å².